The third kappa shape index (κ3) is 4.86. The zero-order valence-electron chi connectivity index (χ0n) is 12.6. The lowest BCUT2D eigenvalue weighted by atomic mass is 10.2. The fourth-order valence-corrected chi connectivity index (χ4v) is 1.81. The Morgan fingerprint density at radius 3 is 1.68 bits per heavy atom. The maximum atomic E-state index is 5.86. The van der Waals surface area contributed by atoms with Gasteiger partial charge in [-0.05, 0) is 53.7 Å². The second kappa shape index (κ2) is 6.94. The molecule has 0 N–H and O–H groups in total. The van der Waals surface area contributed by atoms with Gasteiger partial charge in [0.1, 0.15) is 0 Å². The summed E-state index contributed by atoms with van der Waals surface area (Å²) in [6.45, 7) is 11.9. The molecule has 0 atom stereocenters. The van der Waals surface area contributed by atoms with Gasteiger partial charge in [-0.2, -0.15) is 0 Å². The molecule has 0 spiro atoms. The van der Waals surface area contributed by atoms with E-state index < -0.39 is 0 Å². The van der Waals surface area contributed by atoms with Crippen molar-refractivity contribution in [1.29, 1.82) is 0 Å². The second-order valence-corrected chi connectivity index (χ2v) is 5.72. The fourth-order valence-electron chi connectivity index (χ4n) is 1.58. The van der Waals surface area contributed by atoms with Crippen molar-refractivity contribution in [3.05, 3.63) is 12.1 Å². The van der Waals surface area contributed by atoms with Crippen LogP contribution >= 0.6 is 12.6 Å². The van der Waals surface area contributed by atoms with Crippen LogP contribution in [0.4, 0.5) is 0 Å². The SMILES string of the molecule is CC(C)Oc1ccc(S)c(OC(C)C)c1OC(C)C. The van der Waals surface area contributed by atoms with Crippen molar-refractivity contribution < 1.29 is 14.2 Å². The molecule has 0 aromatic heterocycles. The molecule has 1 aromatic rings. The summed E-state index contributed by atoms with van der Waals surface area (Å²) in [5.74, 6) is 1.97. The van der Waals surface area contributed by atoms with Crippen LogP contribution in [0.1, 0.15) is 41.5 Å². The van der Waals surface area contributed by atoms with Crippen molar-refractivity contribution in [2.45, 2.75) is 64.7 Å². The van der Waals surface area contributed by atoms with Gasteiger partial charge >= 0.3 is 0 Å². The Labute approximate surface area is 121 Å². The molecule has 1 aromatic carbocycles. The first kappa shape index (κ1) is 16.0. The highest BCUT2D eigenvalue weighted by molar-refractivity contribution is 7.80. The van der Waals surface area contributed by atoms with E-state index in [1.807, 2.05) is 53.7 Å². The molecule has 0 unspecified atom stereocenters. The number of hydrogen-bond donors (Lipinski definition) is 1. The third-order valence-corrected chi connectivity index (χ3v) is 2.48. The first-order valence-electron chi connectivity index (χ1n) is 6.67. The Morgan fingerprint density at radius 1 is 0.737 bits per heavy atom. The maximum absolute atomic E-state index is 5.86. The van der Waals surface area contributed by atoms with Crippen LogP contribution in [-0.2, 0) is 0 Å². The Kier molecular flexibility index (Phi) is 5.85. The summed E-state index contributed by atoms with van der Waals surface area (Å²) in [6, 6.07) is 3.74. The highest BCUT2D eigenvalue weighted by atomic mass is 32.1. The average molecular weight is 284 g/mol. The smallest absolute Gasteiger partial charge is 0.205 e. The first-order chi connectivity index (χ1) is 8.81. The molecule has 3 nitrogen and oxygen atoms in total. The van der Waals surface area contributed by atoms with Crippen molar-refractivity contribution in [1.82, 2.24) is 0 Å². The Balaban J connectivity index is 3.23. The van der Waals surface area contributed by atoms with Gasteiger partial charge in [-0.3, -0.25) is 0 Å². The summed E-state index contributed by atoms with van der Waals surface area (Å²) in [5, 5.41) is 0. The van der Waals surface area contributed by atoms with Crippen LogP contribution in [0.15, 0.2) is 17.0 Å². The minimum absolute atomic E-state index is 0.0409. The molecule has 0 aliphatic heterocycles. The second-order valence-electron chi connectivity index (χ2n) is 5.24. The van der Waals surface area contributed by atoms with Gasteiger partial charge < -0.3 is 14.2 Å². The van der Waals surface area contributed by atoms with Crippen LogP contribution in [-0.4, -0.2) is 18.3 Å². The van der Waals surface area contributed by atoms with Gasteiger partial charge in [-0.15, -0.1) is 12.6 Å². The highest BCUT2D eigenvalue weighted by Gasteiger charge is 2.19. The molecule has 0 aliphatic rings. The van der Waals surface area contributed by atoms with Crippen molar-refractivity contribution in [3.63, 3.8) is 0 Å². The molecule has 0 saturated carbocycles. The molecule has 0 radical (unpaired) electrons. The minimum atomic E-state index is 0.0409. The predicted octanol–water partition coefficient (Wildman–Crippen LogP) is 4.34. The highest BCUT2D eigenvalue weighted by Crippen LogP contribution is 2.43. The summed E-state index contributed by atoms with van der Waals surface area (Å²) < 4.78 is 17.5. The maximum Gasteiger partial charge on any atom is 0.205 e. The molecule has 4 heteroatoms. The van der Waals surface area contributed by atoms with Crippen LogP contribution < -0.4 is 14.2 Å². The van der Waals surface area contributed by atoms with Crippen LogP contribution in [0.2, 0.25) is 0 Å². The molecule has 19 heavy (non-hydrogen) atoms. The van der Waals surface area contributed by atoms with Crippen LogP contribution in [0.5, 0.6) is 17.2 Å². The van der Waals surface area contributed by atoms with Gasteiger partial charge in [-0.25, -0.2) is 0 Å². The summed E-state index contributed by atoms with van der Waals surface area (Å²) >= 11 is 4.44. The Hall–Kier alpha value is -1.03. The van der Waals surface area contributed by atoms with Crippen molar-refractivity contribution in [3.8, 4) is 17.2 Å². The molecular weight excluding hydrogens is 260 g/mol. The van der Waals surface area contributed by atoms with Gasteiger partial charge in [-0.1, -0.05) is 0 Å². The lowest BCUT2D eigenvalue weighted by Crippen LogP contribution is -2.14. The molecular formula is C15H24O3S. The van der Waals surface area contributed by atoms with E-state index in [-0.39, 0.29) is 18.3 Å². The first-order valence-corrected chi connectivity index (χ1v) is 7.12. The number of hydrogen-bond acceptors (Lipinski definition) is 4. The lowest BCUT2D eigenvalue weighted by molar-refractivity contribution is 0.173. The van der Waals surface area contributed by atoms with E-state index >= 15 is 0 Å². The number of ether oxygens (including phenoxy) is 3. The summed E-state index contributed by atoms with van der Waals surface area (Å²) in [5.41, 5.74) is 0. The standard InChI is InChI=1S/C15H24O3S/c1-9(2)16-12-7-8-13(19)15(18-11(5)6)14(12)17-10(3)4/h7-11,19H,1-6H3. The summed E-state index contributed by atoms with van der Waals surface area (Å²) in [6.07, 6.45) is 0.168. The van der Waals surface area contributed by atoms with Crippen molar-refractivity contribution >= 4 is 12.6 Å². The van der Waals surface area contributed by atoms with Crippen LogP contribution in [0.25, 0.3) is 0 Å². The van der Waals surface area contributed by atoms with E-state index in [1.165, 1.54) is 0 Å². The third-order valence-electron chi connectivity index (χ3n) is 2.13. The molecule has 0 heterocycles. The number of benzene rings is 1. The van der Waals surface area contributed by atoms with Gasteiger partial charge in [0.05, 0.1) is 23.2 Å². The van der Waals surface area contributed by atoms with E-state index in [2.05, 4.69) is 12.6 Å². The summed E-state index contributed by atoms with van der Waals surface area (Å²) in [7, 11) is 0. The lowest BCUT2D eigenvalue weighted by Gasteiger charge is -2.22. The largest absolute Gasteiger partial charge is 0.487 e. The molecule has 0 fully saturated rings. The fraction of sp³-hybridized carbons (Fsp3) is 0.600. The van der Waals surface area contributed by atoms with Crippen molar-refractivity contribution in [2.24, 2.45) is 0 Å². The van der Waals surface area contributed by atoms with E-state index in [4.69, 9.17) is 14.2 Å². The van der Waals surface area contributed by atoms with Gasteiger partial charge in [0, 0.05) is 0 Å². The van der Waals surface area contributed by atoms with E-state index in [0.717, 1.165) is 4.90 Å². The van der Waals surface area contributed by atoms with Gasteiger partial charge in [0.15, 0.2) is 11.5 Å². The Morgan fingerprint density at radius 2 is 1.21 bits per heavy atom. The van der Waals surface area contributed by atoms with E-state index in [1.54, 1.807) is 0 Å². The quantitative estimate of drug-likeness (QED) is 0.788. The van der Waals surface area contributed by atoms with E-state index in [9.17, 15) is 0 Å². The van der Waals surface area contributed by atoms with Gasteiger partial charge in [0.2, 0.25) is 5.75 Å². The topological polar surface area (TPSA) is 27.7 Å². The minimum Gasteiger partial charge on any atom is -0.487 e. The zero-order chi connectivity index (χ0) is 14.6. The van der Waals surface area contributed by atoms with E-state index in [0.29, 0.717) is 17.2 Å². The molecule has 0 saturated heterocycles. The molecule has 0 aliphatic carbocycles. The monoisotopic (exact) mass is 284 g/mol. The number of thiol groups is 1. The number of rotatable bonds is 6. The molecule has 1 rings (SSSR count). The van der Waals surface area contributed by atoms with Crippen LogP contribution in [0, 0.1) is 0 Å². The predicted molar refractivity (Wildman–Crippen MR) is 81.0 cm³/mol. The molecule has 0 bridgehead atoms. The van der Waals surface area contributed by atoms with Crippen molar-refractivity contribution in [2.75, 3.05) is 0 Å². The van der Waals surface area contributed by atoms with Crippen LogP contribution in [0.3, 0.4) is 0 Å². The molecule has 0 amide bonds. The average Bonchev–Trinajstić information content (AvgIpc) is 2.25. The molecule has 108 valence electrons. The Bertz CT molecular complexity index is 414. The zero-order valence-corrected chi connectivity index (χ0v) is 13.5. The normalized spacial score (nSPS) is 11.3. The van der Waals surface area contributed by atoms with Gasteiger partial charge in [0.25, 0.3) is 0 Å². The summed E-state index contributed by atoms with van der Waals surface area (Å²) in [4.78, 5) is 0.750.